The van der Waals surface area contributed by atoms with Crippen molar-refractivity contribution in [1.29, 1.82) is 0 Å². The van der Waals surface area contributed by atoms with Gasteiger partial charge >= 0.3 is 0 Å². The second kappa shape index (κ2) is 5.30. The molecule has 0 aliphatic heterocycles. The molecule has 0 aliphatic carbocycles. The predicted octanol–water partition coefficient (Wildman–Crippen LogP) is 2.14. The zero-order valence-electron chi connectivity index (χ0n) is 11.2. The first kappa shape index (κ1) is 13.4. The third kappa shape index (κ3) is 2.54. The summed E-state index contributed by atoms with van der Waals surface area (Å²) in [4.78, 5) is 12.1. The molecule has 0 radical (unpaired) electrons. The van der Waals surface area contributed by atoms with Crippen LogP contribution in [0.5, 0.6) is 0 Å². The van der Waals surface area contributed by atoms with Crippen molar-refractivity contribution < 1.29 is 4.39 Å². The van der Waals surface area contributed by atoms with Crippen molar-refractivity contribution in [2.24, 2.45) is 0 Å². The van der Waals surface area contributed by atoms with Gasteiger partial charge in [0.15, 0.2) is 0 Å². The Morgan fingerprint density at radius 1 is 1.21 bits per heavy atom. The molecule has 0 amide bonds. The number of hydrogen-bond donors (Lipinski definition) is 1. The average molecular weight is 263 g/mol. The minimum Gasteiger partial charge on any atom is -0.393 e. The Morgan fingerprint density at radius 3 is 2.42 bits per heavy atom. The maximum Gasteiger partial charge on any atom is 0.290 e. The maximum absolute atomic E-state index is 12.9. The third-order valence-corrected chi connectivity index (χ3v) is 3.21. The van der Waals surface area contributed by atoms with Crippen molar-refractivity contribution >= 4 is 5.69 Å². The molecule has 4 nitrogen and oxygen atoms in total. The van der Waals surface area contributed by atoms with Gasteiger partial charge in [-0.15, -0.1) is 0 Å². The second-order valence-electron chi connectivity index (χ2n) is 4.61. The van der Waals surface area contributed by atoms with E-state index in [-0.39, 0.29) is 17.1 Å². The van der Waals surface area contributed by atoms with E-state index in [1.807, 2.05) is 18.5 Å². The van der Waals surface area contributed by atoms with Crippen LogP contribution in [0, 0.1) is 12.7 Å². The number of anilines is 1. The van der Waals surface area contributed by atoms with E-state index in [1.54, 1.807) is 16.8 Å². The SMILES string of the molecule is CCCn1c(C)c(N)c(=O)n1Cc1ccc(F)cc1. The van der Waals surface area contributed by atoms with Gasteiger partial charge in [-0.3, -0.25) is 9.48 Å². The second-order valence-corrected chi connectivity index (χ2v) is 4.61. The summed E-state index contributed by atoms with van der Waals surface area (Å²) in [6.45, 7) is 5.02. The molecule has 2 rings (SSSR count). The Labute approximate surface area is 111 Å². The number of rotatable bonds is 4. The number of hydrogen-bond acceptors (Lipinski definition) is 2. The van der Waals surface area contributed by atoms with E-state index in [0.29, 0.717) is 6.54 Å². The number of halogens is 1. The molecule has 1 aromatic heterocycles. The van der Waals surface area contributed by atoms with Crippen molar-refractivity contribution in [2.45, 2.75) is 33.4 Å². The molecule has 0 bridgehead atoms. The summed E-state index contributed by atoms with van der Waals surface area (Å²) in [5.74, 6) is -0.282. The first-order valence-corrected chi connectivity index (χ1v) is 6.34. The van der Waals surface area contributed by atoms with E-state index >= 15 is 0 Å². The summed E-state index contributed by atoms with van der Waals surface area (Å²) in [5, 5.41) is 0. The Balaban J connectivity index is 2.41. The molecule has 0 saturated carbocycles. The quantitative estimate of drug-likeness (QED) is 0.918. The van der Waals surface area contributed by atoms with Gasteiger partial charge in [-0.25, -0.2) is 9.07 Å². The molecular weight excluding hydrogens is 245 g/mol. The first-order chi connectivity index (χ1) is 9.04. The standard InChI is InChI=1S/C14H18FN3O/c1-3-8-17-10(2)13(16)14(19)18(17)9-11-4-6-12(15)7-5-11/h4-7H,3,8-9,16H2,1-2H3. The summed E-state index contributed by atoms with van der Waals surface area (Å²) in [5.41, 5.74) is 7.56. The summed E-state index contributed by atoms with van der Waals surface area (Å²) < 4.78 is 16.4. The molecule has 1 aromatic carbocycles. The Bertz CT molecular complexity index is 625. The van der Waals surface area contributed by atoms with Gasteiger partial charge in [0.05, 0.1) is 12.2 Å². The van der Waals surface area contributed by atoms with Crippen LogP contribution in [0.3, 0.4) is 0 Å². The Hall–Kier alpha value is -2.04. The summed E-state index contributed by atoms with van der Waals surface area (Å²) in [7, 11) is 0. The van der Waals surface area contributed by atoms with E-state index < -0.39 is 0 Å². The fourth-order valence-electron chi connectivity index (χ4n) is 2.14. The largest absolute Gasteiger partial charge is 0.393 e. The molecule has 5 heteroatoms. The van der Waals surface area contributed by atoms with E-state index in [4.69, 9.17) is 5.73 Å². The molecule has 0 atom stereocenters. The highest BCUT2D eigenvalue weighted by Crippen LogP contribution is 2.10. The van der Waals surface area contributed by atoms with Crippen LogP contribution in [0.2, 0.25) is 0 Å². The van der Waals surface area contributed by atoms with E-state index in [1.165, 1.54) is 12.1 Å². The molecule has 0 unspecified atom stereocenters. The fraction of sp³-hybridized carbons (Fsp3) is 0.357. The third-order valence-electron chi connectivity index (χ3n) is 3.21. The summed E-state index contributed by atoms with van der Waals surface area (Å²) >= 11 is 0. The van der Waals surface area contributed by atoms with Crippen molar-refractivity contribution in [3.63, 3.8) is 0 Å². The van der Waals surface area contributed by atoms with Crippen molar-refractivity contribution in [1.82, 2.24) is 9.36 Å². The topological polar surface area (TPSA) is 52.9 Å². The molecule has 0 saturated heterocycles. The Kier molecular flexibility index (Phi) is 3.74. The summed E-state index contributed by atoms with van der Waals surface area (Å²) in [6.07, 6.45) is 0.915. The van der Waals surface area contributed by atoms with Gasteiger partial charge in [-0.2, -0.15) is 0 Å². The molecule has 2 N–H and O–H groups in total. The normalized spacial score (nSPS) is 10.9. The van der Waals surface area contributed by atoms with Gasteiger partial charge < -0.3 is 5.73 Å². The van der Waals surface area contributed by atoms with E-state index in [2.05, 4.69) is 0 Å². The highest BCUT2D eigenvalue weighted by atomic mass is 19.1. The monoisotopic (exact) mass is 263 g/mol. The van der Waals surface area contributed by atoms with Gasteiger partial charge in [-0.1, -0.05) is 19.1 Å². The molecule has 0 aliphatic rings. The number of nitrogens with two attached hydrogens (primary N) is 1. The van der Waals surface area contributed by atoms with Crippen molar-refractivity contribution in [2.75, 3.05) is 5.73 Å². The Morgan fingerprint density at radius 2 is 1.84 bits per heavy atom. The number of aromatic nitrogens is 2. The van der Waals surface area contributed by atoms with Crippen LogP contribution in [0.4, 0.5) is 10.1 Å². The smallest absolute Gasteiger partial charge is 0.290 e. The minimum atomic E-state index is -0.282. The van der Waals surface area contributed by atoms with Crippen LogP contribution in [0.1, 0.15) is 24.6 Å². The van der Waals surface area contributed by atoms with Crippen LogP contribution in [0.15, 0.2) is 29.1 Å². The lowest BCUT2D eigenvalue weighted by Gasteiger charge is -2.12. The summed E-state index contributed by atoms with van der Waals surface area (Å²) in [6, 6.07) is 6.14. The fourth-order valence-corrected chi connectivity index (χ4v) is 2.14. The number of nitrogen functional groups attached to an aromatic ring is 1. The van der Waals surface area contributed by atoms with Gasteiger partial charge in [0.1, 0.15) is 11.5 Å². The van der Waals surface area contributed by atoms with Crippen LogP contribution in [0.25, 0.3) is 0 Å². The highest BCUT2D eigenvalue weighted by Gasteiger charge is 2.13. The van der Waals surface area contributed by atoms with Crippen molar-refractivity contribution in [3.8, 4) is 0 Å². The predicted molar refractivity (Wildman–Crippen MR) is 73.6 cm³/mol. The lowest BCUT2D eigenvalue weighted by Crippen LogP contribution is -2.24. The molecule has 102 valence electrons. The maximum atomic E-state index is 12.9. The number of nitrogens with zero attached hydrogens (tertiary/aromatic N) is 2. The molecule has 0 fully saturated rings. The molecular formula is C14H18FN3O. The van der Waals surface area contributed by atoms with E-state index in [0.717, 1.165) is 24.2 Å². The number of benzene rings is 1. The van der Waals surface area contributed by atoms with Crippen LogP contribution in [-0.4, -0.2) is 9.36 Å². The molecule has 1 heterocycles. The molecule has 2 aromatic rings. The van der Waals surface area contributed by atoms with Crippen molar-refractivity contribution in [3.05, 3.63) is 51.7 Å². The van der Waals surface area contributed by atoms with Crippen LogP contribution >= 0.6 is 0 Å². The lowest BCUT2D eigenvalue weighted by atomic mass is 10.2. The van der Waals surface area contributed by atoms with Gasteiger partial charge in [0.2, 0.25) is 0 Å². The zero-order chi connectivity index (χ0) is 14.0. The first-order valence-electron chi connectivity index (χ1n) is 6.34. The van der Waals surface area contributed by atoms with Gasteiger partial charge in [0, 0.05) is 6.54 Å². The average Bonchev–Trinajstić information content (AvgIpc) is 2.59. The molecule has 0 spiro atoms. The molecule has 19 heavy (non-hydrogen) atoms. The lowest BCUT2D eigenvalue weighted by molar-refractivity contribution is 0.456. The van der Waals surface area contributed by atoms with Crippen LogP contribution < -0.4 is 11.3 Å². The van der Waals surface area contributed by atoms with Gasteiger partial charge in [-0.05, 0) is 31.0 Å². The van der Waals surface area contributed by atoms with Gasteiger partial charge in [0.25, 0.3) is 5.56 Å². The minimum absolute atomic E-state index is 0.185. The van der Waals surface area contributed by atoms with E-state index in [9.17, 15) is 9.18 Å². The highest BCUT2D eigenvalue weighted by molar-refractivity contribution is 5.40. The van der Waals surface area contributed by atoms with Crippen LogP contribution in [-0.2, 0) is 13.1 Å². The zero-order valence-corrected chi connectivity index (χ0v) is 11.2.